The highest BCUT2D eigenvalue weighted by molar-refractivity contribution is 7.22. The maximum absolute atomic E-state index is 15.2. The van der Waals surface area contributed by atoms with Gasteiger partial charge in [0.1, 0.15) is 16.5 Å². The Balaban J connectivity index is 1.57. The van der Waals surface area contributed by atoms with Crippen molar-refractivity contribution >= 4 is 39.2 Å². The van der Waals surface area contributed by atoms with Crippen molar-refractivity contribution in [2.75, 3.05) is 25.5 Å². The summed E-state index contributed by atoms with van der Waals surface area (Å²) in [5.41, 5.74) is 1.85. The zero-order chi connectivity index (χ0) is 38.4. The number of urea groups is 1. The van der Waals surface area contributed by atoms with Crippen LogP contribution in [0.1, 0.15) is 36.2 Å². The van der Waals surface area contributed by atoms with Gasteiger partial charge in [-0.2, -0.15) is 0 Å². The molecule has 3 amide bonds. The molecule has 3 heterocycles. The fourth-order valence-electron chi connectivity index (χ4n) is 6.20. The molecule has 0 atom stereocenters. The lowest BCUT2D eigenvalue weighted by Gasteiger charge is -2.18. The molecule has 3 aromatic heterocycles. The Kier molecular flexibility index (Phi) is 11.7. The van der Waals surface area contributed by atoms with E-state index in [2.05, 4.69) is 20.9 Å². The number of hydrogen-bond donors (Lipinski definition) is 3. The number of nitrogens with one attached hydrogen (secondary N) is 3. The predicted octanol–water partition coefficient (Wildman–Crippen LogP) is 6.05. The predicted molar refractivity (Wildman–Crippen MR) is 207 cm³/mol. The van der Waals surface area contributed by atoms with Crippen LogP contribution in [-0.4, -0.2) is 51.1 Å². The van der Waals surface area contributed by atoms with Gasteiger partial charge in [-0.1, -0.05) is 36.4 Å². The quantitative estimate of drug-likeness (QED) is 0.132. The third-order valence-electron chi connectivity index (χ3n) is 8.71. The molecule has 0 aliphatic heterocycles. The number of amides is 3. The summed E-state index contributed by atoms with van der Waals surface area (Å²) in [6, 6.07) is 22.3. The Morgan fingerprint density at radius 3 is 2.19 bits per heavy atom. The van der Waals surface area contributed by atoms with Gasteiger partial charge in [0.2, 0.25) is 5.91 Å². The molecule has 0 aliphatic rings. The van der Waals surface area contributed by atoms with Gasteiger partial charge in [-0.25, -0.2) is 22.9 Å². The largest absolute Gasteiger partial charge is 0.356 e. The Morgan fingerprint density at radius 2 is 1.54 bits per heavy atom. The van der Waals surface area contributed by atoms with Crippen molar-refractivity contribution in [3.63, 3.8) is 0 Å². The third kappa shape index (κ3) is 8.29. The number of likely N-dealkylation sites (N-methyl/N-ethyl adjacent to an activating group) is 1. The van der Waals surface area contributed by atoms with Gasteiger partial charge in [0.15, 0.2) is 0 Å². The first kappa shape index (κ1) is 37.8. The summed E-state index contributed by atoms with van der Waals surface area (Å²) in [7, 11) is 1.89. The number of anilines is 1. The number of pyridine rings is 1. The minimum absolute atomic E-state index is 0.108. The molecule has 3 aromatic carbocycles. The fraction of sp³-hybridized carbons (Fsp3) is 0.225. The average molecular weight is 752 g/mol. The molecule has 54 heavy (non-hydrogen) atoms. The van der Waals surface area contributed by atoms with E-state index in [4.69, 9.17) is 0 Å². The molecule has 14 heteroatoms. The molecule has 0 unspecified atom stereocenters. The maximum atomic E-state index is 15.2. The average Bonchev–Trinajstić information content (AvgIpc) is 3.51. The molecule has 0 radical (unpaired) electrons. The van der Waals surface area contributed by atoms with Crippen LogP contribution in [0, 0.1) is 11.6 Å². The second kappa shape index (κ2) is 16.8. The van der Waals surface area contributed by atoms with Gasteiger partial charge < -0.3 is 16.0 Å². The lowest BCUT2D eigenvalue weighted by atomic mass is 10.1. The second-order valence-corrected chi connectivity index (χ2v) is 13.7. The number of nitrogens with zero attached hydrogens (tertiary/aromatic N) is 4. The first-order valence-electron chi connectivity index (χ1n) is 17.4. The van der Waals surface area contributed by atoms with Gasteiger partial charge >= 0.3 is 11.7 Å². The standard InChI is InChI=1S/C40H39F2N7O4S/c1-4-43-34(50)21-25-12-18-29(19-13-25)49-37(51)35-31(23-47(3)22-28-9-6-7-20-45-28)36(26-14-16-27(17-15-26)46-39(52)44-5-2)54-38(35)48(40(49)53)24-30-32(41)10-8-11-33(30)42/h6-20H,4-5,21-24H2,1-3H3,(H,43,50)(H2,44,46,52). The van der Waals surface area contributed by atoms with E-state index in [1.165, 1.54) is 22.0 Å². The van der Waals surface area contributed by atoms with E-state index in [-0.39, 0.29) is 46.4 Å². The first-order chi connectivity index (χ1) is 26.1. The van der Waals surface area contributed by atoms with E-state index >= 15 is 8.78 Å². The van der Waals surface area contributed by atoms with E-state index < -0.39 is 29.4 Å². The zero-order valence-corrected chi connectivity index (χ0v) is 30.8. The summed E-state index contributed by atoms with van der Waals surface area (Å²) < 4.78 is 32.6. The molecule has 0 spiro atoms. The van der Waals surface area contributed by atoms with E-state index in [0.717, 1.165) is 22.4 Å². The van der Waals surface area contributed by atoms with Crippen LogP contribution in [0.25, 0.3) is 26.3 Å². The molecule has 6 rings (SSSR count). The van der Waals surface area contributed by atoms with Crippen molar-refractivity contribution in [2.24, 2.45) is 0 Å². The van der Waals surface area contributed by atoms with Crippen LogP contribution in [0.5, 0.6) is 0 Å². The smallest absolute Gasteiger partial charge is 0.337 e. The van der Waals surface area contributed by atoms with Gasteiger partial charge in [0.25, 0.3) is 5.56 Å². The highest BCUT2D eigenvalue weighted by atomic mass is 32.1. The van der Waals surface area contributed by atoms with Crippen molar-refractivity contribution in [1.29, 1.82) is 0 Å². The number of benzene rings is 3. The van der Waals surface area contributed by atoms with E-state index in [1.807, 2.05) is 44.0 Å². The Morgan fingerprint density at radius 1 is 0.833 bits per heavy atom. The molecule has 6 aromatic rings. The van der Waals surface area contributed by atoms with Gasteiger partial charge in [-0.3, -0.25) is 24.0 Å². The van der Waals surface area contributed by atoms with Crippen molar-refractivity contribution in [2.45, 2.75) is 39.9 Å². The summed E-state index contributed by atoms with van der Waals surface area (Å²) in [5, 5.41) is 8.44. The van der Waals surface area contributed by atoms with Gasteiger partial charge in [0, 0.05) is 48.5 Å². The van der Waals surface area contributed by atoms with Crippen LogP contribution in [0.2, 0.25) is 0 Å². The Hall–Kier alpha value is -5.99. The second-order valence-electron chi connectivity index (χ2n) is 12.7. The van der Waals surface area contributed by atoms with Crippen LogP contribution < -0.4 is 27.2 Å². The van der Waals surface area contributed by atoms with Crippen molar-refractivity contribution in [3.8, 4) is 16.1 Å². The number of rotatable bonds is 13. The van der Waals surface area contributed by atoms with E-state index in [9.17, 15) is 19.2 Å². The number of thiophene rings is 1. The zero-order valence-electron chi connectivity index (χ0n) is 30.0. The van der Waals surface area contributed by atoms with Crippen LogP contribution >= 0.6 is 11.3 Å². The van der Waals surface area contributed by atoms with Crippen molar-refractivity contribution in [1.82, 2.24) is 29.7 Å². The highest BCUT2D eigenvalue weighted by Crippen LogP contribution is 2.39. The summed E-state index contributed by atoms with van der Waals surface area (Å²) in [4.78, 5) is 61.0. The number of hydrogen-bond acceptors (Lipinski definition) is 7. The van der Waals surface area contributed by atoms with E-state index in [1.54, 1.807) is 54.7 Å². The Labute approximate surface area is 313 Å². The molecule has 3 N–H and O–H groups in total. The summed E-state index contributed by atoms with van der Waals surface area (Å²) >= 11 is 1.18. The molecule has 0 bridgehead atoms. The number of fused-ring (bicyclic) bond motifs is 1. The maximum Gasteiger partial charge on any atom is 0.337 e. The van der Waals surface area contributed by atoms with Crippen molar-refractivity contribution < 1.29 is 18.4 Å². The number of carbonyl (C=O) groups excluding carboxylic acids is 2. The minimum Gasteiger partial charge on any atom is -0.356 e. The summed E-state index contributed by atoms with van der Waals surface area (Å²) in [5.74, 6) is -1.83. The lowest BCUT2D eigenvalue weighted by molar-refractivity contribution is -0.120. The number of aromatic nitrogens is 3. The number of carbonyl (C=O) groups is 2. The molecule has 0 aliphatic carbocycles. The van der Waals surface area contributed by atoms with Crippen LogP contribution in [-0.2, 0) is 30.8 Å². The normalized spacial score (nSPS) is 11.2. The fourth-order valence-corrected chi connectivity index (χ4v) is 7.51. The molecule has 0 fully saturated rings. The highest BCUT2D eigenvalue weighted by Gasteiger charge is 2.26. The topological polar surface area (TPSA) is 130 Å². The molecule has 0 saturated heterocycles. The van der Waals surface area contributed by atoms with Crippen LogP contribution in [0.3, 0.4) is 0 Å². The van der Waals surface area contributed by atoms with Crippen LogP contribution in [0.15, 0.2) is 101 Å². The van der Waals surface area contributed by atoms with E-state index in [0.29, 0.717) is 46.9 Å². The summed E-state index contributed by atoms with van der Waals surface area (Å²) in [6.07, 6.45) is 1.81. The van der Waals surface area contributed by atoms with Gasteiger partial charge in [-0.15, -0.1) is 11.3 Å². The van der Waals surface area contributed by atoms with Gasteiger partial charge in [0.05, 0.1) is 29.7 Å². The molecule has 278 valence electrons. The lowest BCUT2D eigenvalue weighted by Crippen LogP contribution is -2.39. The third-order valence-corrected chi connectivity index (χ3v) is 10.0. The molecule has 11 nitrogen and oxygen atoms in total. The Bertz CT molecular complexity index is 2390. The summed E-state index contributed by atoms with van der Waals surface area (Å²) in [6.45, 7) is 4.77. The molecule has 0 saturated carbocycles. The van der Waals surface area contributed by atoms with Gasteiger partial charge in [-0.05, 0) is 86.1 Å². The molecular weight excluding hydrogens is 713 g/mol. The van der Waals surface area contributed by atoms with Crippen molar-refractivity contribution in [3.05, 3.63) is 146 Å². The minimum atomic E-state index is -0.829. The molecular formula is C40H39F2N7O4S. The van der Waals surface area contributed by atoms with Crippen LogP contribution in [0.4, 0.5) is 19.3 Å². The SMILES string of the molecule is CCNC(=O)Cc1ccc(-n2c(=O)c3c(CN(C)Cc4ccccn4)c(-c4ccc(NC(=O)NCC)cc4)sc3n(Cc3c(F)cccc3F)c2=O)cc1. The number of halogens is 2. The first-order valence-corrected chi connectivity index (χ1v) is 18.2. The monoisotopic (exact) mass is 751 g/mol.